The Morgan fingerprint density at radius 1 is 1.14 bits per heavy atom. The molecule has 37 heavy (non-hydrogen) atoms. The summed E-state index contributed by atoms with van der Waals surface area (Å²) in [4.78, 5) is 35.2. The van der Waals surface area contributed by atoms with Crippen LogP contribution in [0.15, 0.2) is 54.2 Å². The molecule has 2 saturated heterocycles. The number of rotatable bonds is 8. The number of carbonyl (C=O) groups excluding carboxylic acids is 2. The van der Waals surface area contributed by atoms with E-state index in [0.717, 1.165) is 19.5 Å². The van der Waals surface area contributed by atoms with Gasteiger partial charge in [-0.15, -0.1) is 0 Å². The van der Waals surface area contributed by atoms with Crippen LogP contribution in [0.5, 0.6) is 5.75 Å². The Morgan fingerprint density at radius 2 is 1.95 bits per heavy atom. The van der Waals surface area contributed by atoms with Gasteiger partial charge in [-0.05, 0) is 43.2 Å². The number of likely N-dealkylation sites (tertiary alicyclic amines) is 1. The first-order chi connectivity index (χ1) is 18.0. The third-order valence-electron chi connectivity index (χ3n) is 6.88. The highest BCUT2D eigenvalue weighted by atomic mass is 16.5. The number of aliphatic hydroxyl groups excluding tert-OH is 1. The second kappa shape index (κ2) is 10.7. The van der Waals surface area contributed by atoms with E-state index in [0.29, 0.717) is 61.3 Å². The van der Waals surface area contributed by atoms with E-state index in [9.17, 15) is 14.7 Å². The van der Waals surface area contributed by atoms with Gasteiger partial charge in [0.1, 0.15) is 17.1 Å². The first kappa shape index (κ1) is 25.0. The Morgan fingerprint density at radius 3 is 2.73 bits per heavy atom. The number of aliphatic hydroxyl groups is 1. The van der Waals surface area contributed by atoms with Crippen LogP contribution in [0.1, 0.15) is 36.3 Å². The molecule has 1 amide bonds. The summed E-state index contributed by atoms with van der Waals surface area (Å²) in [5.74, 6) is -0.891. The minimum absolute atomic E-state index is 0.0633. The number of morpholine rings is 1. The lowest BCUT2D eigenvalue weighted by Crippen LogP contribution is -2.42. The SMILES string of the molecule is CCCOc1cccc(C2/C(=C(\O)c3c(C)nc4ccccn34)C(=O)C(=O)N2CCN2CCOCC2)c1. The molecule has 0 spiro atoms. The summed E-state index contributed by atoms with van der Waals surface area (Å²) in [5.41, 5.74) is 2.40. The predicted molar refractivity (Wildman–Crippen MR) is 138 cm³/mol. The van der Waals surface area contributed by atoms with Crippen molar-refractivity contribution in [3.05, 3.63) is 71.2 Å². The molecule has 0 bridgehead atoms. The number of ketones is 1. The number of aryl methyl sites for hydroxylation is 1. The number of nitrogens with zero attached hydrogens (tertiary/aromatic N) is 4. The van der Waals surface area contributed by atoms with Gasteiger partial charge in [-0.2, -0.15) is 0 Å². The van der Waals surface area contributed by atoms with E-state index < -0.39 is 17.7 Å². The molecular formula is C28H32N4O5. The Hall–Kier alpha value is -3.69. The highest BCUT2D eigenvalue weighted by Gasteiger charge is 2.46. The van der Waals surface area contributed by atoms with Gasteiger partial charge in [0.25, 0.3) is 11.7 Å². The van der Waals surface area contributed by atoms with Gasteiger partial charge in [-0.1, -0.05) is 25.1 Å². The molecule has 0 aliphatic carbocycles. The second-order valence-corrected chi connectivity index (χ2v) is 9.34. The molecule has 2 fully saturated rings. The van der Waals surface area contributed by atoms with Crippen LogP contribution in [-0.2, 0) is 14.3 Å². The second-order valence-electron chi connectivity index (χ2n) is 9.34. The molecule has 194 valence electrons. The molecule has 9 nitrogen and oxygen atoms in total. The first-order valence-corrected chi connectivity index (χ1v) is 12.7. The van der Waals surface area contributed by atoms with Crippen molar-refractivity contribution in [2.24, 2.45) is 0 Å². The van der Waals surface area contributed by atoms with Crippen molar-refractivity contribution >= 4 is 23.1 Å². The highest BCUT2D eigenvalue weighted by Crippen LogP contribution is 2.40. The molecule has 2 aromatic heterocycles. The molecule has 4 heterocycles. The molecule has 9 heteroatoms. The van der Waals surface area contributed by atoms with Crippen LogP contribution in [0, 0.1) is 6.92 Å². The van der Waals surface area contributed by atoms with Crippen LogP contribution in [0.4, 0.5) is 0 Å². The Balaban J connectivity index is 1.60. The number of Topliss-reactive ketones (excluding diaryl/α,β-unsaturated/α-hetero) is 1. The van der Waals surface area contributed by atoms with E-state index in [1.807, 2.05) is 49.4 Å². The van der Waals surface area contributed by atoms with E-state index in [2.05, 4.69) is 9.88 Å². The highest BCUT2D eigenvalue weighted by molar-refractivity contribution is 6.46. The minimum atomic E-state index is -0.750. The molecule has 5 rings (SSSR count). The molecule has 0 saturated carbocycles. The predicted octanol–water partition coefficient (Wildman–Crippen LogP) is 3.19. The van der Waals surface area contributed by atoms with Crippen molar-refractivity contribution < 1.29 is 24.2 Å². The lowest BCUT2D eigenvalue weighted by Gasteiger charge is -2.31. The van der Waals surface area contributed by atoms with Gasteiger partial charge in [0, 0.05) is 32.4 Å². The number of fused-ring (bicyclic) bond motifs is 1. The van der Waals surface area contributed by atoms with Crippen molar-refractivity contribution in [3.8, 4) is 5.75 Å². The van der Waals surface area contributed by atoms with Crippen LogP contribution >= 0.6 is 0 Å². The van der Waals surface area contributed by atoms with E-state index in [1.54, 1.807) is 22.4 Å². The van der Waals surface area contributed by atoms with Gasteiger partial charge < -0.3 is 19.5 Å². The van der Waals surface area contributed by atoms with E-state index in [1.165, 1.54) is 0 Å². The number of amides is 1. The van der Waals surface area contributed by atoms with Crippen LogP contribution < -0.4 is 4.74 Å². The van der Waals surface area contributed by atoms with Crippen molar-refractivity contribution in [3.63, 3.8) is 0 Å². The first-order valence-electron chi connectivity index (χ1n) is 12.7. The Kier molecular flexibility index (Phi) is 7.25. The van der Waals surface area contributed by atoms with Crippen LogP contribution in [0.3, 0.4) is 0 Å². The maximum absolute atomic E-state index is 13.5. The van der Waals surface area contributed by atoms with Crippen molar-refractivity contribution in [2.75, 3.05) is 46.0 Å². The lowest BCUT2D eigenvalue weighted by atomic mass is 9.96. The fraction of sp³-hybridized carbons (Fsp3) is 0.393. The van der Waals surface area contributed by atoms with Crippen LogP contribution in [-0.4, -0.2) is 82.0 Å². The molecule has 2 aliphatic heterocycles. The summed E-state index contributed by atoms with van der Waals surface area (Å²) in [7, 11) is 0. The maximum Gasteiger partial charge on any atom is 0.295 e. The molecule has 1 aromatic carbocycles. The quantitative estimate of drug-likeness (QED) is 0.286. The van der Waals surface area contributed by atoms with Gasteiger partial charge in [-0.3, -0.25) is 18.9 Å². The zero-order valence-corrected chi connectivity index (χ0v) is 21.2. The molecule has 1 unspecified atom stereocenters. The smallest absolute Gasteiger partial charge is 0.295 e. The maximum atomic E-state index is 13.5. The molecule has 3 aromatic rings. The van der Waals surface area contributed by atoms with E-state index in [4.69, 9.17) is 9.47 Å². The number of imidazole rings is 1. The van der Waals surface area contributed by atoms with Crippen molar-refractivity contribution in [1.29, 1.82) is 0 Å². The lowest BCUT2D eigenvalue weighted by molar-refractivity contribution is -0.140. The number of hydrogen-bond acceptors (Lipinski definition) is 7. The summed E-state index contributed by atoms with van der Waals surface area (Å²) in [6.07, 6.45) is 2.64. The Bertz CT molecular complexity index is 1340. The minimum Gasteiger partial charge on any atom is -0.505 e. The van der Waals surface area contributed by atoms with Gasteiger partial charge in [0.2, 0.25) is 0 Å². The normalized spacial score (nSPS) is 20.2. The summed E-state index contributed by atoms with van der Waals surface area (Å²) in [6, 6.07) is 12.2. The number of ether oxygens (including phenoxy) is 2. The number of benzene rings is 1. The molecule has 0 radical (unpaired) electrons. The van der Waals surface area contributed by atoms with Gasteiger partial charge >= 0.3 is 0 Å². The largest absolute Gasteiger partial charge is 0.505 e. The van der Waals surface area contributed by atoms with Crippen LogP contribution in [0.25, 0.3) is 11.4 Å². The number of pyridine rings is 1. The Labute approximate surface area is 215 Å². The summed E-state index contributed by atoms with van der Waals surface area (Å²) < 4.78 is 13.0. The number of aromatic nitrogens is 2. The molecule has 2 aliphatic rings. The standard InChI is InChI=1S/C28H32N4O5/c1-3-15-37-21-8-6-7-20(18-21)25-23(26(33)24-19(2)29-22-9-4-5-10-31(22)24)27(34)28(35)32(25)12-11-30-13-16-36-17-14-30/h4-10,18,25,33H,3,11-17H2,1-2H3/b26-23+. The number of hydrogen-bond donors (Lipinski definition) is 1. The van der Waals surface area contributed by atoms with Gasteiger partial charge in [0.15, 0.2) is 5.76 Å². The average Bonchev–Trinajstić information content (AvgIpc) is 3.39. The molecular weight excluding hydrogens is 472 g/mol. The summed E-state index contributed by atoms with van der Waals surface area (Å²) in [6.45, 7) is 8.16. The van der Waals surface area contributed by atoms with Crippen LogP contribution in [0.2, 0.25) is 0 Å². The fourth-order valence-corrected chi connectivity index (χ4v) is 5.05. The summed E-state index contributed by atoms with van der Waals surface area (Å²) in [5, 5.41) is 11.6. The number of carbonyl (C=O) groups is 2. The van der Waals surface area contributed by atoms with E-state index in [-0.39, 0.29) is 11.3 Å². The molecule has 1 N–H and O–H groups in total. The molecule has 1 atom stereocenters. The van der Waals surface area contributed by atoms with Gasteiger partial charge in [-0.25, -0.2) is 4.98 Å². The van der Waals surface area contributed by atoms with Gasteiger partial charge in [0.05, 0.1) is 37.1 Å². The topological polar surface area (TPSA) is 96.6 Å². The third kappa shape index (κ3) is 4.84. The zero-order chi connectivity index (χ0) is 25.9. The van der Waals surface area contributed by atoms with E-state index >= 15 is 0 Å². The summed E-state index contributed by atoms with van der Waals surface area (Å²) >= 11 is 0. The zero-order valence-electron chi connectivity index (χ0n) is 21.2. The fourth-order valence-electron chi connectivity index (χ4n) is 5.05. The van der Waals surface area contributed by atoms with Crippen molar-refractivity contribution in [2.45, 2.75) is 26.3 Å². The average molecular weight is 505 g/mol. The monoisotopic (exact) mass is 504 g/mol. The van der Waals surface area contributed by atoms with Crippen molar-refractivity contribution in [1.82, 2.24) is 19.2 Å². The third-order valence-corrected chi connectivity index (χ3v) is 6.88.